The summed E-state index contributed by atoms with van der Waals surface area (Å²) in [6.07, 6.45) is 3.59. The van der Waals surface area contributed by atoms with Gasteiger partial charge in [-0.25, -0.2) is 4.79 Å². The highest BCUT2D eigenvalue weighted by Gasteiger charge is 2.37. The minimum absolute atomic E-state index is 0.0721. The molecule has 4 unspecified atom stereocenters. The van der Waals surface area contributed by atoms with E-state index < -0.39 is 0 Å². The Kier molecular flexibility index (Phi) is 4.59. The van der Waals surface area contributed by atoms with Crippen molar-refractivity contribution < 1.29 is 9.53 Å². The molecule has 5 heteroatoms. The zero-order chi connectivity index (χ0) is 17.4. The fraction of sp³-hybridized carbons (Fsp3) is 0.650. The van der Waals surface area contributed by atoms with E-state index in [-0.39, 0.29) is 18.0 Å². The van der Waals surface area contributed by atoms with Crippen LogP contribution in [0.15, 0.2) is 24.3 Å². The van der Waals surface area contributed by atoms with Crippen LogP contribution < -0.4 is 10.1 Å². The summed E-state index contributed by atoms with van der Waals surface area (Å²) in [5.74, 6) is 1.82. The highest BCUT2D eigenvalue weighted by atomic mass is 16.5. The Morgan fingerprint density at radius 3 is 3.00 bits per heavy atom. The van der Waals surface area contributed by atoms with Crippen LogP contribution in [0.2, 0.25) is 0 Å². The number of piperidine rings is 2. The third kappa shape index (κ3) is 3.22. The molecule has 136 valence electrons. The predicted octanol–water partition coefficient (Wildman–Crippen LogP) is 2.68. The van der Waals surface area contributed by atoms with Gasteiger partial charge in [-0.2, -0.15) is 0 Å². The molecule has 0 aromatic heterocycles. The number of benzene rings is 1. The third-order valence-corrected chi connectivity index (χ3v) is 6.32. The molecule has 0 bridgehead atoms. The Bertz CT molecular complexity index is 635. The molecule has 2 fully saturated rings. The van der Waals surface area contributed by atoms with Crippen molar-refractivity contribution in [3.63, 3.8) is 0 Å². The number of hydrogen-bond acceptors (Lipinski definition) is 3. The standard InChI is InChI=1S/C20H29N3O2/c1-14(17-13-25-19-8-4-3-7-16(17)19)21-20(24)23-11-9-18-15(12-23)6-5-10-22(18)2/h3-4,7-8,14-15,17-18H,5-6,9-13H2,1-2H3,(H,21,24). The van der Waals surface area contributed by atoms with Crippen molar-refractivity contribution >= 4 is 6.03 Å². The molecule has 0 spiro atoms. The Morgan fingerprint density at radius 1 is 1.28 bits per heavy atom. The number of carbonyl (C=O) groups excluding carboxylic acids is 1. The Balaban J connectivity index is 1.36. The summed E-state index contributed by atoms with van der Waals surface area (Å²) in [6.45, 7) is 5.70. The van der Waals surface area contributed by atoms with Crippen molar-refractivity contribution in [2.45, 2.75) is 44.2 Å². The van der Waals surface area contributed by atoms with Crippen molar-refractivity contribution in [1.29, 1.82) is 0 Å². The van der Waals surface area contributed by atoms with Crippen molar-refractivity contribution in [3.05, 3.63) is 29.8 Å². The van der Waals surface area contributed by atoms with Crippen LogP contribution in [0.4, 0.5) is 4.79 Å². The van der Waals surface area contributed by atoms with Crippen molar-refractivity contribution in [1.82, 2.24) is 15.1 Å². The Hall–Kier alpha value is -1.75. The van der Waals surface area contributed by atoms with Crippen molar-refractivity contribution in [3.8, 4) is 5.75 Å². The molecule has 1 aromatic carbocycles. The van der Waals surface area contributed by atoms with Gasteiger partial charge in [0.25, 0.3) is 0 Å². The zero-order valence-corrected chi connectivity index (χ0v) is 15.3. The maximum atomic E-state index is 12.8. The molecule has 5 nitrogen and oxygen atoms in total. The van der Waals surface area contributed by atoms with E-state index in [1.54, 1.807) is 0 Å². The van der Waals surface area contributed by atoms with Gasteiger partial charge < -0.3 is 19.9 Å². The number of nitrogens with zero attached hydrogens (tertiary/aromatic N) is 2. The normalized spacial score (nSPS) is 30.2. The van der Waals surface area contributed by atoms with E-state index in [2.05, 4.69) is 30.3 Å². The molecule has 0 aliphatic carbocycles. The van der Waals surface area contributed by atoms with Crippen LogP contribution in [-0.4, -0.2) is 61.2 Å². The minimum Gasteiger partial charge on any atom is -0.493 e. The molecule has 2 saturated heterocycles. The molecule has 1 aromatic rings. The summed E-state index contributed by atoms with van der Waals surface area (Å²) in [5, 5.41) is 3.23. The lowest BCUT2D eigenvalue weighted by atomic mass is 9.84. The van der Waals surface area contributed by atoms with Crippen LogP contribution in [0, 0.1) is 5.92 Å². The van der Waals surface area contributed by atoms with Crippen LogP contribution in [0.1, 0.15) is 37.7 Å². The van der Waals surface area contributed by atoms with E-state index in [1.165, 1.54) is 24.9 Å². The largest absolute Gasteiger partial charge is 0.493 e. The molecule has 2 amide bonds. The summed E-state index contributed by atoms with van der Waals surface area (Å²) < 4.78 is 5.77. The molecule has 4 rings (SSSR count). The summed E-state index contributed by atoms with van der Waals surface area (Å²) in [4.78, 5) is 17.3. The molecule has 3 heterocycles. The van der Waals surface area contributed by atoms with Crippen LogP contribution in [0.3, 0.4) is 0 Å². The van der Waals surface area contributed by atoms with E-state index in [0.717, 1.165) is 25.3 Å². The van der Waals surface area contributed by atoms with Gasteiger partial charge in [-0.15, -0.1) is 0 Å². The highest BCUT2D eigenvalue weighted by Crippen LogP contribution is 2.35. The molecular formula is C20H29N3O2. The van der Waals surface area contributed by atoms with Gasteiger partial charge in [-0.3, -0.25) is 0 Å². The van der Waals surface area contributed by atoms with E-state index in [9.17, 15) is 4.79 Å². The quantitative estimate of drug-likeness (QED) is 0.898. The predicted molar refractivity (Wildman–Crippen MR) is 98.0 cm³/mol. The second-order valence-electron chi connectivity index (χ2n) is 7.88. The van der Waals surface area contributed by atoms with Crippen LogP contribution in [0.5, 0.6) is 5.75 Å². The van der Waals surface area contributed by atoms with Gasteiger partial charge in [-0.1, -0.05) is 18.2 Å². The number of hydrogen-bond donors (Lipinski definition) is 1. The van der Waals surface area contributed by atoms with E-state index in [0.29, 0.717) is 18.6 Å². The second-order valence-corrected chi connectivity index (χ2v) is 7.88. The first kappa shape index (κ1) is 16.7. The maximum Gasteiger partial charge on any atom is 0.317 e. The summed E-state index contributed by atoms with van der Waals surface area (Å²) in [6, 6.07) is 8.97. The SMILES string of the molecule is CC(NC(=O)N1CCC2C(CCCN2C)C1)C1COc2ccccc21. The summed E-state index contributed by atoms with van der Waals surface area (Å²) in [5.41, 5.74) is 1.21. The number of para-hydroxylation sites is 1. The number of ether oxygens (including phenoxy) is 1. The van der Waals surface area contributed by atoms with Gasteiger partial charge in [0.15, 0.2) is 0 Å². The first-order valence-corrected chi connectivity index (χ1v) is 9.61. The Morgan fingerprint density at radius 2 is 2.12 bits per heavy atom. The topological polar surface area (TPSA) is 44.8 Å². The number of rotatable bonds is 2. The first-order chi connectivity index (χ1) is 12.1. The van der Waals surface area contributed by atoms with Crippen LogP contribution in [0.25, 0.3) is 0 Å². The van der Waals surface area contributed by atoms with Crippen molar-refractivity contribution in [2.75, 3.05) is 33.3 Å². The lowest BCUT2D eigenvalue weighted by Crippen LogP contribution is -2.56. The number of amides is 2. The fourth-order valence-corrected chi connectivity index (χ4v) is 4.82. The number of carbonyl (C=O) groups is 1. The molecular weight excluding hydrogens is 314 g/mol. The first-order valence-electron chi connectivity index (χ1n) is 9.61. The highest BCUT2D eigenvalue weighted by molar-refractivity contribution is 5.75. The van der Waals surface area contributed by atoms with Gasteiger partial charge in [0, 0.05) is 36.7 Å². The number of urea groups is 1. The van der Waals surface area contributed by atoms with Gasteiger partial charge in [0.05, 0.1) is 6.61 Å². The number of nitrogens with one attached hydrogen (secondary N) is 1. The lowest BCUT2D eigenvalue weighted by molar-refractivity contribution is 0.0509. The zero-order valence-electron chi connectivity index (χ0n) is 15.3. The molecule has 3 aliphatic rings. The van der Waals surface area contributed by atoms with Crippen LogP contribution >= 0.6 is 0 Å². The molecule has 4 atom stereocenters. The van der Waals surface area contributed by atoms with Gasteiger partial charge >= 0.3 is 6.03 Å². The number of likely N-dealkylation sites (tertiary alicyclic amines) is 2. The third-order valence-electron chi connectivity index (χ3n) is 6.32. The molecule has 25 heavy (non-hydrogen) atoms. The molecule has 0 saturated carbocycles. The monoisotopic (exact) mass is 343 g/mol. The van der Waals surface area contributed by atoms with E-state index in [4.69, 9.17) is 4.74 Å². The Labute approximate surface area is 150 Å². The average molecular weight is 343 g/mol. The maximum absolute atomic E-state index is 12.8. The van der Waals surface area contributed by atoms with Gasteiger partial charge in [0.1, 0.15) is 5.75 Å². The molecule has 3 aliphatic heterocycles. The van der Waals surface area contributed by atoms with Crippen molar-refractivity contribution in [2.24, 2.45) is 5.92 Å². The fourth-order valence-electron chi connectivity index (χ4n) is 4.82. The van der Waals surface area contributed by atoms with E-state index in [1.807, 2.05) is 23.1 Å². The smallest absolute Gasteiger partial charge is 0.317 e. The average Bonchev–Trinajstić information content (AvgIpc) is 3.06. The van der Waals surface area contributed by atoms with Gasteiger partial charge in [-0.05, 0) is 51.8 Å². The molecule has 0 radical (unpaired) electrons. The van der Waals surface area contributed by atoms with Gasteiger partial charge in [0.2, 0.25) is 0 Å². The van der Waals surface area contributed by atoms with E-state index >= 15 is 0 Å². The summed E-state index contributed by atoms with van der Waals surface area (Å²) in [7, 11) is 2.23. The summed E-state index contributed by atoms with van der Waals surface area (Å²) >= 11 is 0. The minimum atomic E-state index is 0.0721. The lowest BCUT2D eigenvalue weighted by Gasteiger charge is -2.46. The molecule has 1 N–H and O–H groups in total. The van der Waals surface area contributed by atoms with Crippen LogP contribution in [-0.2, 0) is 0 Å². The number of fused-ring (bicyclic) bond motifs is 2. The second kappa shape index (κ2) is 6.87.